The van der Waals surface area contributed by atoms with Gasteiger partial charge in [-0.05, 0) is 40.4 Å². The average Bonchev–Trinajstić information content (AvgIpc) is 2.69. The quantitative estimate of drug-likeness (QED) is 0.722. The van der Waals surface area contributed by atoms with Crippen molar-refractivity contribution in [3.63, 3.8) is 0 Å². The summed E-state index contributed by atoms with van der Waals surface area (Å²) in [6.07, 6.45) is 3.13. The number of hydrogen-bond acceptors (Lipinski definition) is 4. The summed E-state index contributed by atoms with van der Waals surface area (Å²) in [5, 5.41) is 3.43. The lowest BCUT2D eigenvalue weighted by Gasteiger charge is -2.20. The first-order valence-corrected chi connectivity index (χ1v) is 6.36. The van der Waals surface area contributed by atoms with Crippen LogP contribution in [0.1, 0.15) is 25.1 Å². The first-order chi connectivity index (χ1) is 7.20. The normalized spacial score (nSPS) is 11.5. The van der Waals surface area contributed by atoms with E-state index in [1.807, 2.05) is 11.7 Å². The third-order valence-corrected chi connectivity index (χ3v) is 3.31. The molecule has 86 valence electrons. The summed E-state index contributed by atoms with van der Waals surface area (Å²) in [6, 6.07) is 0.645. The van der Waals surface area contributed by atoms with E-state index in [9.17, 15) is 0 Å². The Balaban J connectivity index is 1.98. The molecule has 4 heteroatoms. The SMILES string of the molecule is CC(C)N(C)CCCNCc1cncs1. The predicted molar refractivity (Wildman–Crippen MR) is 66.2 cm³/mol. The smallest absolute Gasteiger partial charge is 0.0794 e. The molecule has 0 saturated carbocycles. The molecule has 3 nitrogen and oxygen atoms in total. The summed E-state index contributed by atoms with van der Waals surface area (Å²) >= 11 is 1.71. The van der Waals surface area contributed by atoms with Gasteiger partial charge in [0.05, 0.1) is 5.51 Å². The molecule has 0 radical (unpaired) electrons. The molecule has 0 aliphatic rings. The highest BCUT2D eigenvalue weighted by molar-refractivity contribution is 7.09. The second-order valence-electron chi connectivity index (χ2n) is 4.07. The molecule has 15 heavy (non-hydrogen) atoms. The van der Waals surface area contributed by atoms with E-state index in [0.717, 1.165) is 19.6 Å². The van der Waals surface area contributed by atoms with Crippen molar-refractivity contribution >= 4 is 11.3 Å². The van der Waals surface area contributed by atoms with Crippen LogP contribution in [0.5, 0.6) is 0 Å². The molecule has 0 aliphatic carbocycles. The third-order valence-electron chi connectivity index (χ3n) is 2.53. The van der Waals surface area contributed by atoms with Gasteiger partial charge in [0, 0.05) is 23.7 Å². The molecule has 0 fully saturated rings. The van der Waals surface area contributed by atoms with Crippen LogP contribution < -0.4 is 5.32 Å². The van der Waals surface area contributed by atoms with Crippen LogP contribution in [-0.4, -0.2) is 36.1 Å². The Morgan fingerprint density at radius 3 is 2.93 bits per heavy atom. The summed E-state index contributed by atoms with van der Waals surface area (Å²) in [5.74, 6) is 0. The highest BCUT2D eigenvalue weighted by Gasteiger charge is 2.01. The van der Waals surface area contributed by atoms with Gasteiger partial charge in [-0.3, -0.25) is 4.98 Å². The van der Waals surface area contributed by atoms with E-state index in [-0.39, 0.29) is 0 Å². The monoisotopic (exact) mass is 227 g/mol. The van der Waals surface area contributed by atoms with Gasteiger partial charge in [0.15, 0.2) is 0 Å². The van der Waals surface area contributed by atoms with Gasteiger partial charge < -0.3 is 10.2 Å². The molecular formula is C11H21N3S. The van der Waals surface area contributed by atoms with Crippen LogP contribution >= 0.6 is 11.3 Å². The summed E-state index contributed by atoms with van der Waals surface area (Å²) in [7, 11) is 2.17. The maximum atomic E-state index is 4.04. The number of thiazole rings is 1. The molecule has 0 aromatic carbocycles. The minimum Gasteiger partial charge on any atom is -0.312 e. The summed E-state index contributed by atoms with van der Waals surface area (Å²) < 4.78 is 0. The Hall–Kier alpha value is -0.450. The van der Waals surface area contributed by atoms with E-state index < -0.39 is 0 Å². The molecule has 0 amide bonds. The molecule has 0 atom stereocenters. The van der Waals surface area contributed by atoms with E-state index in [1.54, 1.807) is 11.3 Å². The highest BCUT2D eigenvalue weighted by atomic mass is 32.1. The van der Waals surface area contributed by atoms with Crippen LogP contribution in [0.3, 0.4) is 0 Å². The van der Waals surface area contributed by atoms with E-state index in [2.05, 4.69) is 36.1 Å². The Bertz CT molecular complexity index is 246. The maximum absolute atomic E-state index is 4.04. The van der Waals surface area contributed by atoms with Gasteiger partial charge in [0.2, 0.25) is 0 Å². The Kier molecular flexibility index (Phi) is 5.83. The lowest BCUT2D eigenvalue weighted by Crippen LogP contribution is -2.29. The molecule has 1 N–H and O–H groups in total. The van der Waals surface area contributed by atoms with Crippen LogP contribution in [0, 0.1) is 0 Å². The maximum Gasteiger partial charge on any atom is 0.0794 e. The molecule has 1 rings (SSSR count). The molecule has 0 aliphatic heterocycles. The minimum atomic E-state index is 0.645. The average molecular weight is 227 g/mol. The molecular weight excluding hydrogens is 206 g/mol. The molecule has 1 aromatic rings. The number of nitrogens with one attached hydrogen (secondary N) is 1. The summed E-state index contributed by atoms with van der Waals surface area (Å²) in [6.45, 7) is 7.65. The first kappa shape index (κ1) is 12.6. The van der Waals surface area contributed by atoms with Crippen LogP contribution in [0.4, 0.5) is 0 Å². The Morgan fingerprint density at radius 2 is 2.33 bits per heavy atom. The molecule has 1 aromatic heterocycles. The van der Waals surface area contributed by atoms with Crippen LogP contribution in [-0.2, 0) is 6.54 Å². The topological polar surface area (TPSA) is 28.2 Å². The third kappa shape index (κ3) is 5.25. The van der Waals surface area contributed by atoms with E-state index in [1.165, 1.54) is 11.3 Å². The second-order valence-corrected chi connectivity index (χ2v) is 5.04. The molecule has 0 spiro atoms. The van der Waals surface area contributed by atoms with E-state index in [4.69, 9.17) is 0 Å². The Labute approximate surface area is 96.5 Å². The second kappa shape index (κ2) is 6.93. The lowest BCUT2D eigenvalue weighted by molar-refractivity contribution is 0.269. The zero-order valence-corrected chi connectivity index (χ0v) is 10.7. The minimum absolute atomic E-state index is 0.645. The molecule has 0 saturated heterocycles. The fraction of sp³-hybridized carbons (Fsp3) is 0.727. The van der Waals surface area contributed by atoms with Gasteiger partial charge >= 0.3 is 0 Å². The highest BCUT2D eigenvalue weighted by Crippen LogP contribution is 2.03. The number of nitrogens with zero attached hydrogens (tertiary/aromatic N) is 2. The first-order valence-electron chi connectivity index (χ1n) is 5.48. The lowest BCUT2D eigenvalue weighted by atomic mass is 10.3. The van der Waals surface area contributed by atoms with Gasteiger partial charge in [-0.15, -0.1) is 11.3 Å². The van der Waals surface area contributed by atoms with Gasteiger partial charge in [0.25, 0.3) is 0 Å². The van der Waals surface area contributed by atoms with Gasteiger partial charge in [-0.1, -0.05) is 0 Å². The van der Waals surface area contributed by atoms with Crippen LogP contribution in [0.15, 0.2) is 11.7 Å². The Morgan fingerprint density at radius 1 is 1.53 bits per heavy atom. The summed E-state index contributed by atoms with van der Waals surface area (Å²) in [5.41, 5.74) is 1.88. The van der Waals surface area contributed by atoms with Crippen molar-refractivity contribution in [1.82, 2.24) is 15.2 Å². The number of rotatable bonds is 7. The fourth-order valence-electron chi connectivity index (χ4n) is 1.25. The summed E-state index contributed by atoms with van der Waals surface area (Å²) in [4.78, 5) is 7.72. The van der Waals surface area contributed by atoms with Gasteiger partial charge in [0.1, 0.15) is 0 Å². The van der Waals surface area contributed by atoms with E-state index >= 15 is 0 Å². The van der Waals surface area contributed by atoms with Crippen molar-refractivity contribution in [2.24, 2.45) is 0 Å². The standard InChI is InChI=1S/C11H21N3S/c1-10(2)14(3)6-4-5-12-7-11-8-13-9-15-11/h8-10,12H,4-7H2,1-3H3. The van der Waals surface area contributed by atoms with Crippen molar-refractivity contribution in [2.45, 2.75) is 32.9 Å². The van der Waals surface area contributed by atoms with Crippen LogP contribution in [0.2, 0.25) is 0 Å². The zero-order chi connectivity index (χ0) is 11.1. The largest absolute Gasteiger partial charge is 0.312 e. The number of aromatic nitrogens is 1. The van der Waals surface area contributed by atoms with Crippen molar-refractivity contribution in [1.29, 1.82) is 0 Å². The van der Waals surface area contributed by atoms with E-state index in [0.29, 0.717) is 6.04 Å². The fourth-order valence-corrected chi connectivity index (χ4v) is 1.82. The molecule has 0 bridgehead atoms. The van der Waals surface area contributed by atoms with Crippen molar-refractivity contribution in [3.05, 3.63) is 16.6 Å². The van der Waals surface area contributed by atoms with Gasteiger partial charge in [-0.25, -0.2) is 0 Å². The molecule has 0 unspecified atom stereocenters. The molecule has 1 heterocycles. The zero-order valence-electron chi connectivity index (χ0n) is 9.86. The van der Waals surface area contributed by atoms with Crippen molar-refractivity contribution in [3.8, 4) is 0 Å². The van der Waals surface area contributed by atoms with Crippen molar-refractivity contribution < 1.29 is 0 Å². The van der Waals surface area contributed by atoms with Crippen LogP contribution in [0.25, 0.3) is 0 Å². The predicted octanol–water partition coefficient (Wildman–Crippen LogP) is 1.96. The van der Waals surface area contributed by atoms with Crippen molar-refractivity contribution in [2.75, 3.05) is 20.1 Å². The number of hydrogen-bond donors (Lipinski definition) is 1. The van der Waals surface area contributed by atoms with Gasteiger partial charge in [-0.2, -0.15) is 0 Å².